The van der Waals surface area contributed by atoms with E-state index in [-0.39, 0.29) is 19.0 Å². The van der Waals surface area contributed by atoms with Gasteiger partial charge in [0.2, 0.25) is 21.8 Å². The molecule has 0 spiro atoms. The monoisotopic (exact) mass is 461 g/mol. The first-order chi connectivity index (χ1) is 15.2. The standard InChI is InChI=1S/C23H31N3O5S/c1-5-24-23(28)21(15-18-9-7-6-8-10-18)26(22(27)17-25(2)32(4,29)30)16-19-11-13-20(31-3)14-12-19/h6-14,21H,5,15-17H2,1-4H3,(H,24,28)/t21-/m0/s1. The molecule has 2 rings (SSSR count). The molecule has 1 atom stereocenters. The van der Waals surface area contributed by atoms with Gasteiger partial charge in [-0.15, -0.1) is 0 Å². The molecule has 0 aliphatic rings. The average Bonchev–Trinajstić information content (AvgIpc) is 2.76. The molecule has 0 fully saturated rings. The molecule has 2 aromatic rings. The van der Waals surface area contributed by atoms with E-state index in [1.807, 2.05) is 49.4 Å². The molecule has 0 unspecified atom stereocenters. The van der Waals surface area contributed by atoms with Crippen molar-refractivity contribution >= 4 is 21.8 Å². The lowest BCUT2D eigenvalue weighted by Gasteiger charge is -2.32. The summed E-state index contributed by atoms with van der Waals surface area (Å²) in [6.07, 6.45) is 1.34. The number of hydrogen-bond donors (Lipinski definition) is 1. The van der Waals surface area contributed by atoms with Gasteiger partial charge in [-0.25, -0.2) is 8.42 Å². The Kier molecular flexibility index (Phi) is 9.22. The number of nitrogens with zero attached hydrogens (tertiary/aromatic N) is 2. The Hall–Kier alpha value is -2.91. The van der Waals surface area contributed by atoms with Crippen molar-refractivity contribution < 1.29 is 22.7 Å². The van der Waals surface area contributed by atoms with Crippen LogP contribution in [-0.4, -0.2) is 69.0 Å². The van der Waals surface area contributed by atoms with Gasteiger partial charge in [0.05, 0.1) is 19.9 Å². The lowest BCUT2D eigenvalue weighted by Crippen LogP contribution is -2.52. The van der Waals surface area contributed by atoms with Crippen LogP contribution >= 0.6 is 0 Å². The second-order valence-corrected chi connectivity index (χ2v) is 9.58. The maximum Gasteiger partial charge on any atom is 0.243 e. The molecule has 0 aliphatic carbocycles. The van der Waals surface area contributed by atoms with Crippen molar-refractivity contribution in [3.8, 4) is 5.75 Å². The molecule has 174 valence electrons. The summed E-state index contributed by atoms with van der Waals surface area (Å²) in [5.41, 5.74) is 1.69. The van der Waals surface area contributed by atoms with Crippen molar-refractivity contribution in [2.24, 2.45) is 0 Å². The third-order valence-corrected chi connectivity index (χ3v) is 6.32. The van der Waals surface area contributed by atoms with Gasteiger partial charge in [-0.05, 0) is 30.2 Å². The van der Waals surface area contributed by atoms with Gasteiger partial charge in [0.25, 0.3) is 0 Å². The van der Waals surface area contributed by atoms with Crippen LogP contribution in [0.2, 0.25) is 0 Å². The Morgan fingerprint density at radius 1 is 1.03 bits per heavy atom. The highest BCUT2D eigenvalue weighted by atomic mass is 32.2. The molecule has 0 saturated heterocycles. The highest BCUT2D eigenvalue weighted by Gasteiger charge is 2.31. The third kappa shape index (κ3) is 7.35. The topological polar surface area (TPSA) is 96.0 Å². The summed E-state index contributed by atoms with van der Waals surface area (Å²) in [6, 6.07) is 15.8. The van der Waals surface area contributed by atoms with Gasteiger partial charge in [0.1, 0.15) is 11.8 Å². The quantitative estimate of drug-likeness (QED) is 0.549. The summed E-state index contributed by atoms with van der Waals surface area (Å²) in [5.74, 6) is -0.0749. The van der Waals surface area contributed by atoms with Crippen LogP contribution < -0.4 is 10.1 Å². The molecular weight excluding hydrogens is 430 g/mol. The molecule has 0 bridgehead atoms. The number of carbonyl (C=O) groups excluding carboxylic acids is 2. The van der Waals surface area contributed by atoms with E-state index in [0.717, 1.165) is 21.7 Å². The van der Waals surface area contributed by atoms with Crippen LogP contribution in [-0.2, 0) is 32.6 Å². The first kappa shape index (κ1) is 25.4. The molecule has 2 aromatic carbocycles. The molecule has 0 aliphatic heterocycles. The second kappa shape index (κ2) is 11.6. The average molecular weight is 462 g/mol. The number of hydrogen-bond acceptors (Lipinski definition) is 5. The minimum Gasteiger partial charge on any atom is -0.497 e. The molecule has 0 radical (unpaired) electrons. The molecule has 0 aromatic heterocycles. The Balaban J connectivity index is 2.41. The largest absolute Gasteiger partial charge is 0.497 e. The Morgan fingerprint density at radius 2 is 1.66 bits per heavy atom. The Morgan fingerprint density at radius 3 is 2.19 bits per heavy atom. The fourth-order valence-corrected chi connectivity index (χ4v) is 3.52. The minimum atomic E-state index is -3.56. The zero-order valence-electron chi connectivity index (χ0n) is 18.9. The van der Waals surface area contributed by atoms with Gasteiger partial charge >= 0.3 is 0 Å². The molecule has 8 nitrogen and oxygen atoms in total. The van der Waals surface area contributed by atoms with E-state index in [9.17, 15) is 18.0 Å². The van der Waals surface area contributed by atoms with Crippen LogP contribution in [0.25, 0.3) is 0 Å². The highest BCUT2D eigenvalue weighted by Crippen LogP contribution is 2.18. The SMILES string of the molecule is CCNC(=O)[C@H](Cc1ccccc1)N(Cc1ccc(OC)cc1)C(=O)CN(C)S(C)(=O)=O. The fourth-order valence-electron chi connectivity index (χ4n) is 3.17. The Bertz CT molecular complexity index is 994. The molecule has 32 heavy (non-hydrogen) atoms. The number of amides is 2. The van der Waals surface area contributed by atoms with Crippen molar-refractivity contribution in [2.75, 3.05) is 33.5 Å². The van der Waals surface area contributed by atoms with Gasteiger partial charge in [0.15, 0.2) is 0 Å². The van der Waals surface area contributed by atoms with E-state index in [2.05, 4.69) is 5.32 Å². The van der Waals surface area contributed by atoms with Crippen LogP contribution in [0.1, 0.15) is 18.1 Å². The van der Waals surface area contributed by atoms with Gasteiger partial charge in [-0.3, -0.25) is 9.59 Å². The zero-order valence-corrected chi connectivity index (χ0v) is 19.8. The van der Waals surface area contributed by atoms with Gasteiger partial charge in [-0.2, -0.15) is 4.31 Å². The predicted octanol–water partition coefficient (Wildman–Crippen LogP) is 1.66. The second-order valence-electron chi connectivity index (χ2n) is 7.49. The predicted molar refractivity (Wildman–Crippen MR) is 124 cm³/mol. The van der Waals surface area contributed by atoms with E-state index < -0.39 is 22.0 Å². The van der Waals surface area contributed by atoms with Crippen molar-refractivity contribution in [3.63, 3.8) is 0 Å². The third-order valence-electron chi connectivity index (χ3n) is 5.06. The Labute approximate surface area is 190 Å². The van der Waals surface area contributed by atoms with E-state index >= 15 is 0 Å². The smallest absolute Gasteiger partial charge is 0.243 e. The molecule has 2 amide bonds. The van der Waals surface area contributed by atoms with Crippen molar-refractivity contribution in [2.45, 2.75) is 25.9 Å². The number of rotatable bonds is 11. The number of ether oxygens (including phenoxy) is 1. The summed E-state index contributed by atoms with van der Waals surface area (Å²) in [4.78, 5) is 27.7. The number of methoxy groups -OCH3 is 1. The van der Waals surface area contributed by atoms with E-state index in [1.165, 1.54) is 11.9 Å². The first-order valence-corrected chi connectivity index (χ1v) is 12.2. The molecule has 0 saturated carbocycles. The summed E-state index contributed by atoms with van der Waals surface area (Å²) in [5, 5.41) is 2.80. The van der Waals surface area contributed by atoms with E-state index in [0.29, 0.717) is 18.7 Å². The van der Waals surface area contributed by atoms with Gasteiger partial charge in [-0.1, -0.05) is 42.5 Å². The summed E-state index contributed by atoms with van der Waals surface area (Å²) in [6.45, 7) is 2.01. The van der Waals surface area contributed by atoms with Crippen LogP contribution in [0.4, 0.5) is 0 Å². The molecule has 0 heterocycles. The van der Waals surface area contributed by atoms with E-state index in [1.54, 1.807) is 19.2 Å². The summed E-state index contributed by atoms with van der Waals surface area (Å²) < 4.78 is 29.9. The fraction of sp³-hybridized carbons (Fsp3) is 0.391. The maximum atomic E-state index is 13.3. The number of likely N-dealkylation sites (N-methyl/N-ethyl adjacent to an activating group) is 2. The van der Waals surface area contributed by atoms with Crippen LogP contribution in [0.5, 0.6) is 5.75 Å². The van der Waals surface area contributed by atoms with E-state index in [4.69, 9.17) is 4.74 Å². The molecule has 9 heteroatoms. The van der Waals surface area contributed by atoms with Gasteiger partial charge in [0, 0.05) is 26.6 Å². The van der Waals surface area contributed by atoms with Crippen LogP contribution in [0, 0.1) is 0 Å². The summed E-state index contributed by atoms with van der Waals surface area (Å²) in [7, 11) is -0.649. The molecular formula is C23H31N3O5S. The van der Waals surface area contributed by atoms with Gasteiger partial charge < -0.3 is 15.0 Å². The van der Waals surface area contributed by atoms with Crippen molar-refractivity contribution in [3.05, 3.63) is 65.7 Å². The lowest BCUT2D eigenvalue weighted by atomic mass is 10.0. The van der Waals surface area contributed by atoms with Crippen molar-refractivity contribution in [1.82, 2.24) is 14.5 Å². The minimum absolute atomic E-state index is 0.148. The number of sulfonamides is 1. The first-order valence-electron chi connectivity index (χ1n) is 10.3. The maximum absolute atomic E-state index is 13.3. The lowest BCUT2D eigenvalue weighted by molar-refractivity contribution is -0.141. The van der Waals surface area contributed by atoms with Crippen LogP contribution in [0.3, 0.4) is 0 Å². The van der Waals surface area contributed by atoms with Crippen molar-refractivity contribution in [1.29, 1.82) is 0 Å². The highest BCUT2D eigenvalue weighted by molar-refractivity contribution is 7.88. The van der Waals surface area contributed by atoms with Crippen LogP contribution in [0.15, 0.2) is 54.6 Å². The normalized spacial score (nSPS) is 12.3. The zero-order chi connectivity index (χ0) is 23.7. The number of benzene rings is 2. The summed E-state index contributed by atoms with van der Waals surface area (Å²) >= 11 is 0. The molecule has 1 N–H and O–H groups in total. The number of nitrogens with one attached hydrogen (secondary N) is 1. The number of carbonyl (C=O) groups is 2.